The number of piperidine rings is 1. The molecule has 5 heteroatoms. The third kappa shape index (κ3) is 4.14. The topological polar surface area (TPSA) is 61.4 Å². The van der Waals surface area contributed by atoms with Gasteiger partial charge in [0.15, 0.2) is 0 Å². The summed E-state index contributed by atoms with van der Waals surface area (Å²) in [5, 5.41) is 16.3. The Balaban J connectivity index is 2.52. The average Bonchev–Trinajstić information content (AvgIpc) is 2.37. The van der Waals surface area contributed by atoms with Gasteiger partial charge in [-0.05, 0) is 45.5 Å². The van der Waals surface area contributed by atoms with Gasteiger partial charge in [-0.1, -0.05) is 6.92 Å². The first kappa shape index (κ1) is 15.8. The molecule has 106 valence electrons. The molecular formula is C13H26N2O2S. The van der Waals surface area contributed by atoms with E-state index in [4.69, 9.17) is 0 Å². The number of carbonyl (C=O) groups is 1. The van der Waals surface area contributed by atoms with Crippen molar-refractivity contribution in [2.75, 3.05) is 31.6 Å². The molecule has 0 spiro atoms. The molecule has 1 rings (SSSR count). The van der Waals surface area contributed by atoms with Gasteiger partial charge in [0.1, 0.15) is 0 Å². The minimum absolute atomic E-state index is 0.105. The van der Waals surface area contributed by atoms with Gasteiger partial charge in [-0.25, -0.2) is 0 Å². The summed E-state index contributed by atoms with van der Waals surface area (Å²) in [5.41, 5.74) is -1.06. The van der Waals surface area contributed by atoms with Crippen LogP contribution < -0.4 is 10.6 Å². The number of carbonyl (C=O) groups excluding carboxylic acids is 1. The van der Waals surface area contributed by atoms with Crippen LogP contribution in [0.15, 0.2) is 0 Å². The summed E-state index contributed by atoms with van der Waals surface area (Å²) < 4.78 is 0. The van der Waals surface area contributed by atoms with Gasteiger partial charge in [0, 0.05) is 12.3 Å². The first-order valence-corrected chi connectivity index (χ1v) is 8.05. The highest BCUT2D eigenvalue weighted by atomic mass is 32.2. The first-order chi connectivity index (χ1) is 8.46. The van der Waals surface area contributed by atoms with Crippen LogP contribution in [0.25, 0.3) is 0 Å². The number of hydrogen-bond donors (Lipinski definition) is 3. The van der Waals surface area contributed by atoms with E-state index in [0.29, 0.717) is 12.3 Å². The zero-order valence-corrected chi connectivity index (χ0v) is 12.5. The molecule has 1 amide bonds. The van der Waals surface area contributed by atoms with Gasteiger partial charge >= 0.3 is 0 Å². The molecule has 0 bridgehead atoms. The molecule has 1 unspecified atom stereocenters. The molecule has 1 saturated heterocycles. The second-order valence-electron chi connectivity index (χ2n) is 5.50. The summed E-state index contributed by atoms with van der Waals surface area (Å²) >= 11 is 1.59. The largest absolute Gasteiger partial charge is 0.387 e. The lowest BCUT2D eigenvalue weighted by Gasteiger charge is -2.36. The Kier molecular flexibility index (Phi) is 5.95. The van der Waals surface area contributed by atoms with Crippen LogP contribution in [-0.2, 0) is 4.79 Å². The number of hydrogen-bond acceptors (Lipinski definition) is 4. The maximum absolute atomic E-state index is 12.3. The molecule has 1 heterocycles. The first-order valence-electron chi connectivity index (χ1n) is 6.66. The van der Waals surface area contributed by atoms with Crippen molar-refractivity contribution in [3.05, 3.63) is 0 Å². The molecule has 3 N–H and O–H groups in total. The van der Waals surface area contributed by atoms with Gasteiger partial charge in [-0.3, -0.25) is 4.79 Å². The normalized spacial score (nSPS) is 22.2. The molecule has 0 saturated carbocycles. The van der Waals surface area contributed by atoms with Gasteiger partial charge in [0.25, 0.3) is 0 Å². The molecule has 1 fully saturated rings. The van der Waals surface area contributed by atoms with Crippen LogP contribution in [0, 0.1) is 5.41 Å². The molecule has 18 heavy (non-hydrogen) atoms. The minimum Gasteiger partial charge on any atom is -0.387 e. The fourth-order valence-electron chi connectivity index (χ4n) is 2.47. The van der Waals surface area contributed by atoms with Gasteiger partial charge < -0.3 is 15.7 Å². The zero-order chi connectivity index (χ0) is 13.6. The predicted molar refractivity (Wildman–Crippen MR) is 76.8 cm³/mol. The van der Waals surface area contributed by atoms with Crippen molar-refractivity contribution >= 4 is 17.7 Å². The lowest BCUT2D eigenvalue weighted by molar-refractivity contribution is -0.133. The van der Waals surface area contributed by atoms with E-state index in [1.54, 1.807) is 18.7 Å². The maximum Gasteiger partial charge on any atom is 0.226 e. The third-order valence-electron chi connectivity index (χ3n) is 3.80. The number of rotatable bonds is 6. The van der Waals surface area contributed by atoms with E-state index in [-0.39, 0.29) is 11.3 Å². The lowest BCUT2D eigenvalue weighted by atomic mass is 9.76. The quantitative estimate of drug-likeness (QED) is 0.676. The summed E-state index contributed by atoms with van der Waals surface area (Å²) in [7, 11) is 0. The summed E-state index contributed by atoms with van der Waals surface area (Å²) in [6, 6.07) is 0. The van der Waals surface area contributed by atoms with Crippen LogP contribution in [0.2, 0.25) is 0 Å². The molecule has 1 aliphatic rings. The molecule has 1 atom stereocenters. The van der Waals surface area contributed by atoms with Crippen molar-refractivity contribution in [1.82, 2.24) is 10.6 Å². The lowest BCUT2D eigenvalue weighted by Crippen LogP contribution is -2.51. The predicted octanol–water partition coefficient (Wildman–Crippen LogP) is 0.996. The van der Waals surface area contributed by atoms with Crippen LogP contribution in [0.1, 0.15) is 33.1 Å². The summed E-state index contributed by atoms with van der Waals surface area (Å²) in [6.07, 6.45) is 4.60. The summed E-state index contributed by atoms with van der Waals surface area (Å²) in [4.78, 5) is 12.3. The van der Waals surface area contributed by atoms with Crippen molar-refractivity contribution in [2.45, 2.75) is 38.7 Å². The molecule has 1 aliphatic heterocycles. The van der Waals surface area contributed by atoms with E-state index < -0.39 is 5.60 Å². The van der Waals surface area contributed by atoms with E-state index in [9.17, 15) is 9.90 Å². The second kappa shape index (κ2) is 6.78. The Bertz CT molecular complexity index is 276. The Morgan fingerprint density at radius 2 is 2.11 bits per heavy atom. The fraction of sp³-hybridized carbons (Fsp3) is 0.923. The highest BCUT2D eigenvalue weighted by molar-refractivity contribution is 7.98. The molecule has 0 aromatic heterocycles. The van der Waals surface area contributed by atoms with Crippen LogP contribution in [-0.4, -0.2) is 48.3 Å². The standard InChI is InChI=1S/C13H26N2O2S/c1-4-13(5-7-14-8-6-13)11(16)15-9-12(2,17)10-18-3/h14,17H,4-10H2,1-3H3,(H,15,16). The Labute approximate surface area is 114 Å². The van der Waals surface area contributed by atoms with Gasteiger partial charge in [-0.2, -0.15) is 11.8 Å². The van der Waals surface area contributed by atoms with Gasteiger partial charge in [0.05, 0.1) is 11.0 Å². The van der Waals surface area contributed by atoms with Gasteiger partial charge in [0.2, 0.25) is 5.91 Å². The molecule has 0 aromatic carbocycles. The molecule has 0 aliphatic carbocycles. The van der Waals surface area contributed by atoms with Crippen molar-refractivity contribution in [3.8, 4) is 0 Å². The Hall–Kier alpha value is -0.260. The van der Waals surface area contributed by atoms with Gasteiger partial charge in [-0.15, -0.1) is 0 Å². The second-order valence-corrected chi connectivity index (χ2v) is 6.36. The number of thioether (sulfide) groups is 1. The molecule has 4 nitrogen and oxygen atoms in total. The van der Waals surface area contributed by atoms with Crippen molar-refractivity contribution in [3.63, 3.8) is 0 Å². The van der Waals surface area contributed by atoms with Crippen LogP contribution in [0.3, 0.4) is 0 Å². The summed E-state index contributed by atoms with van der Waals surface area (Å²) in [5.74, 6) is 0.737. The van der Waals surface area contributed by atoms with E-state index >= 15 is 0 Å². The molecular weight excluding hydrogens is 248 g/mol. The molecule has 0 aromatic rings. The highest BCUT2D eigenvalue weighted by Crippen LogP contribution is 2.32. The van der Waals surface area contributed by atoms with E-state index in [2.05, 4.69) is 17.6 Å². The van der Waals surface area contributed by atoms with Crippen LogP contribution in [0.5, 0.6) is 0 Å². The summed E-state index contributed by atoms with van der Waals surface area (Å²) in [6.45, 7) is 5.99. The maximum atomic E-state index is 12.3. The van der Waals surface area contributed by atoms with E-state index in [1.165, 1.54) is 0 Å². The number of aliphatic hydroxyl groups is 1. The van der Waals surface area contributed by atoms with Crippen molar-refractivity contribution in [2.24, 2.45) is 5.41 Å². The average molecular weight is 274 g/mol. The van der Waals surface area contributed by atoms with Crippen molar-refractivity contribution < 1.29 is 9.90 Å². The number of nitrogens with one attached hydrogen (secondary N) is 2. The number of amides is 1. The van der Waals surface area contributed by atoms with Crippen LogP contribution >= 0.6 is 11.8 Å². The zero-order valence-electron chi connectivity index (χ0n) is 11.7. The Morgan fingerprint density at radius 1 is 1.50 bits per heavy atom. The fourth-order valence-corrected chi connectivity index (χ4v) is 3.19. The smallest absolute Gasteiger partial charge is 0.226 e. The highest BCUT2D eigenvalue weighted by Gasteiger charge is 2.38. The third-order valence-corrected chi connectivity index (χ3v) is 4.71. The van der Waals surface area contributed by atoms with E-state index in [0.717, 1.165) is 32.4 Å². The van der Waals surface area contributed by atoms with Crippen LogP contribution in [0.4, 0.5) is 0 Å². The monoisotopic (exact) mass is 274 g/mol. The van der Waals surface area contributed by atoms with E-state index in [1.807, 2.05) is 6.26 Å². The molecule has 0 radical (unpaired) electrons. The SMILES string of the molecule is CCC1(C(=O)NCC(C)(O)CSC)CCNCC1. The minimum atomic E-state index is -0.822. The Morgan fingerprint density at radius 3 is 2.61 bits per heavy atom. The van der Waals surface area contributed by atoms with Crippen molar-refractivity contribution in [1.29, 1.82) is 0 Å².